The highest BCUT2D eigenvalue weighted by Crippen LogP contribution is 2.32. The van der Waals surface area contributed by atoms with Crippen LogP contribution in [0.4, 0.5) is 0 Å². The van der Waals surface area contributed by atoms with Crippen LogP contribution in [0.5, 0.6) is 0 Å². The molecule has 0 fully saturated rings. The summed E-state index contributed by atoms with van der Waals surface area (Å²) in [5.74, 6) is 0.487. The van der Waals surface area contributed by atoms with Gasteiger partial charge in [-0.1, -0.05) is 13.8 Å². The Morgan fingerprint density at radius 1 is 1.44 bits per heavy atom. The third-order valence-corrected chi connectivity index (χ3v) is 6.03. The van der Waals surface area contributed by atoms with Gasteiger partial charge in [0.1, 0.15) is 0 Å². The number of nitrogens with one attached hydrogen (secondary N) is 1. The van der Waals surface area contributed by atoms with E-state index in [1.54, 1.807) is 0 Å². The summed E-state index contributed by atoms with van der Waals surface area (Å²) >= 11 is 8.22. The molecular formula is C12H18Br2N2OS. The normalized spacial score (nSPS) is 13.1. The number of likely N-dealkylation sites (N-methyl/N-ethyl adjacent to an activating group) is 1. The molecule has 3 nitrogen and oxygen atoms in total. The first-order valence-corrected chi connectivity index (χ1v) is 8.12. The van der Waals surface area contributed by atoms with Gasteiger partial charge in [0.05, 0.1) is 8.66 Å². The zero-order chi connectivity index (χ0) is 13.9. The Morgan fingerprint density at radius 2 is 2.06 bits per heavy atom. The summed E-state index contributed by atoms with van der Waals surface area (Å²) in [6.45, 7) is 4.99. The zero-order valence-corrected chi connectivity index (χ0v) is 14.9. The van der Waals surface area contributed by atoms with Gasteiger partial charge >= 0.3 is 0 Å². The molecule has 0 bridgehead atoms. The highest BCUT2D eigenvalue weighted by Gasteiger charge is 2.18. The SMILES string of the molecule is CC(C)C(CNC(=O)c1cc(Br)c(Br)s1)N(C)C. The van der Waals surface area contributed by atoms with Crippen LogP contribution in [0.25, 0.3) is 0 Å². The highest BCUT2D eigenvalue weighted by molar-refractivity contribution is 9.13. The first kappa shape index (κ1) is 16.1. The van der Waals surface area contributed by atoms with Crippen molar-refractivity contribution in [2.45, 2.75) is 19.9 Å². The monoisotopic (exact) mass is 396 g/mol. The zero-order valence-electron chi connectivity index (χ0n) is 11.0. The van der Waals surface area contributed by atoms with Crippen molar-refractivity contribution >= 4 is 49.1 Å². The maximum atomic E-state index is 12.0. The third-order valence-electron chi connectivity index (χ3n) is 2.77. The van der Waals surface area contributed by atoms with E-state index in [2.05, 4.69) is 55.9 Å². The van der Waals surface area contributed by atoms with E-state index in [1.807, 2.05) is 20.2 Å². The summed E-state index contributed by atoms with van der Waals surface area (Å²) < 4.78 is 1.87. The number of carbonyl (C=O) groups is 1. The molecule has 18 heavy (non-hydrogen) atoms. The van der Waals surface area contributed by atoms with Crippen molar-refractivity contribution < 1.29 is 4.79 Å². The topological polar surface area (TPSA) is 32.3 Å². The second-order valence-electron chi connectivity index (χ2n) is 4.72. The molecule has 0 aliphatic rings. The molecule has 1 aromatic rings. The molecule has 0 saturated carbocycles. The summed E-state index contributed by atoms with van der Waals surface area (Å²) in [6.07, 6.45) is 0. The van der Waals surface area contributed by atoms with E-state index >= 15 is 0 Å². The van der Waals surface area contributed by atoms with Crippen molar-refractivity contribution in [2.75, 3.05) is 20.6 Å². The number of hydrogen-bond donors (Lipinski definition) is 1. The molecule has 1 aromatic heterocycles. The Bertz CT molecular complexity index is 391. The Balaban J connectivity index is 2.60. The quantitative estimate of drug-likeness (QED) is 0.823. The minimum Gasteiger partial charge on any atom is -0.350 e. The van der Waals surface area contributed by atoms with Crippen LogP contribution in [0.3, 0.4) is 0 Å². The lowest BCUT2D eigenvalue weighted by Crippen LogP contribution is -2.43. The maximum absolute atomic E-state index is 12.0. The van der Waals surface area contributed by atoms with Crippen LogP contribution in [0.1, 0.15) is 23.5 Å². The van der Waals surface area contributed by atoms with Crippen LogP contribution in [-0.2, 0) is 0 Å². The van der Waals surface area contributed by atoms with Crippen molar-refractivity contribution in [3.8, 4) is 0 Å². The fourth-order valence-electron chi connectivity index (χ4n) is 1.76. The molecule has 1 amide bonds. The number of carbonyl (C=O) groups excluding carboxylic acids is 1. The Kier molecular flexibility index (Phi) is 6.30. The summed E-state index contributed by atoms with van der Waals surface area (Å²) in [7, 11) is 4.07. The minimum atomic E-state index is -0.0149. The third kappa shape index (κ3) is 4.33. The van der Waals surface area contributed by atoms with Gasteiger partial charge in [-0.15, -0.1) is 11.3 Å². The molecule has 0 radical (unpaired) electrons. The van der Waals surface area contributed by atoms with Crippen molar-refractivity contribution in [3.63, 3.8) is 0 Å². The van der Waals surface area contributed by atoms with Crippen LogP contribution in [0.15, 0.2) is 14.3 Å². The maximum Gasteiger partial charge on any atom is 0.261 e. The van der Waals surface area contributed by atoms with Crippen molar-refractivity contribution in [1.29, 1.82) is 0 Å². The Morgan fingerprint density at radius 3 is 2.44 bits per heavy atom. The van der Waals surface area contributed by atoms with Crippen LogP contribution < -0.4 is 5.32 Å². The first-order chi connectivity index (χ1) is 8.32. The summed E-state index contributed by atoms with van der Waals surface area (Å²) in [6, 6.07) is 2.19. The van der Waals surface area contributed by atoms with Crippen LogP contribution in [0, 0.1) is 5.92 Å². The fraction of sp³-hybridized carbons (Fsp3) is 0.583. The lowest BCUT2D eigenvalue weighted by atomic mass is 10.0. The van der Waals surface area contributed by atoms with Gasteiger partial charge in [0.15, 0.2) is 0 Å². The molecule has 0 spiro atoms. The molecule has 0 aliphatic heterocycles. The summed E-state index contributed by atoms with van der Waals surface area (Å²) in [5.41, 5.74) is 0. The lowest BCUT2D eigenvalue weighted by Gasteiger charge is -2.27. The van der Waals surface area contributed by atoms with Crippen molar-refractivity contribution in [1.82, 2.24) is 10.2 Å². The molecule has 1 unspecified atom stereocenters. The van der Waals surface area contributed by atoms with Gasteiger partial charge in [0.25, 0.3) is 5.91 Å². The molecule has 1 N–H and O–H groups in total. The molecule has 0 aliphatic carbocycles. The Hall–Kier alpha value is 0.0900. The lowest BCUT2D eigenvalue weighted by molar-refractivity contribution is 0.0938. The fourth-order valence-corrected chi connectivity index (χ4v) is 3.71. The van der Waals surface area contributed by atoms with Gasteiger partial charge in [0, 0.05) is 17.1 Å². The average molecular weight is 398 g/mol. The highest BCUT2D eigenvalue weighted by atomic mass is 79.9. The van der Waals surface area contributed by atoms with Crippen molar-refractivity contribution in [2.24, 2.45) is 5.92 Å². The first-order valence-electron chi connectivity index (χ1n) is 5.72. The molecule has 0 saturated heterocycles. The van der Waals surface area contributed by atoms with Gasteiger partial charge in [-0.25, -0.2) is 0 Å². The second kappa shape index (κ2) is 7.03. The predicted molar refractivity (Wildman–Crippen MR) is 84.4 cm³/mol. The molecule has 1 rings (SSSR count). The van der Waals surface area contributed by atoms with Gasteiger partial charge in [-0.2, -0.15) is 0 Å². The molecule has 1 atom stereocenters. The van der Waals surface area contributed by atoms with Crippen molar-refractivity contribution in [3.05, 3.63) is 19.2 Å². The summed E-state index contributed by atoms with van der Waals surface area (Å²) in [5, 5.41) is 2.99. The van der Waals surface area contributed by atoms with E-state index in [0.29, 0.717) is 18.5 Å². The molecule has 1 heterocycles. The van der Waals surface area contributed by atoms with Gasteiger partial charge < -0.3 is 10.2 Å². The number of nitrogens with zero attached hydrogens (tertiary/aromatic N) is 1. The predicted octanol–water partition coefficient (Wildman–Crippen LogP) is 3.59. The van der Waals surface area contributed by atoms with Crippen LogP contribution in [-0.4, -0.2) is 37.5 Å². The molecule has 6 heteroatoms. The Labute approximate surface area is 129 Å². The number of rotatable bonds is 5. The molecule has 0 aromatic carbocycles. The minimum absolute atomic E-state index is 0.0149. The van der Waals surface area contributed by atoms with E-state index in [0.717, 1.165) is 13.1 Å². The second-order valence-corrected chi connectivity index (χ2v) is 7.94. The number of halogens is 2. The summed E-state index contributed by atoms with van der Waals surface area (Å²) in [4.78, 5) is 14.9. The van der Waals surface area contributed by atoms with E-state index in [9.17, 15) is 4.79 Å². The van der Waals surface area contributed by atoms with Crippen LogP contribution >= 0.6 is 43.2 Å². The van der Waals surface area contributed by atoms with Crippen LogP contribution in [0.2, 0.25) is 0 Å². The smallest absolute Gasteiger partial charge is 0.261 e. The number of hydrogen-bond acceptors (Lipinski definition) is 3. The van der Waals surface area contributed by atoms with E-state index < -0.39 is 0 Å². The van der Waals surface area contributed by atoms with Gasteiger partial charge in [-0.3, -0.25) is 4.79 Å². The number of amides is 1. The van der Waals surface area contributed by atoms with E-state index in [1.165, 1.54) is 11.3 Å². The largest absolute Gasteiger partial charge is 0.350 e. The molecule has 102 valence electrons. The van der Waals surface area contributed by atoms with E-state index in [-0.39, 0.29) is 5.91 Å². The average Bonchev–Trinajstić information content (AvgIpc) is 2.58. The molecular weight excluding hydrogens is 380 g/mol. The standard InChI is InChI=1S/C12H18Br2N2OS/c1-7(2)9(16(3)4)6-15-12(17)10-5-8(13)11(14)18-10/h5,7,9H,6H2,1-4H3,(H,15,17). The number of thiophene rings is 1. The van der Waals surface area contributed by atoms with E-state index in [4.69, 9.17) is 0 Å². The van der Waals surface area contributed by atoms with Gasteiger partial charge in [-0.05, 0) is 57.9 Å². The van der Waals surface area contributed by atoms with Gasteiger partial charge in [0.2, 0.25) is 0 Å².